The number of para-hydroxylation sites is 2. The van der Waals surface area contributed by atoms with E-state index in [4.69, 9.17) is 27.9 Å². The Kier molecular flexibility index (Phi) is 8.19. The van der Waals surface area contributed by atoms with Crippen LogP contribution in [0.5, 0.6) is 5.75 Å². The number of carbonyl (C=O) groups excluding carboxylic acids is 4. The molecule has 2 heterocycles. The van der Waals surface area contributed by atoms with Gasteiger partial charge in [0.1, 0.15) is 12.4 Å². The van der Waals surface area contributed by atoms with Crippen molar-refractivity contribution in [3.8, 4) is 5.75 Å². The van der Waals surface area contributed by atoms with Gasteiger partial charge in [0.15, 0.2) is 9.75 Å². The molecule has 7 rings (SSSR count). The van der Waals surface area contributed by atoms with Crippen LogP contribution in [0.3, 0.4) is 0 Å². The third-order valence-corrected chi connectivity index (χ3v) is 11.7. The van der Waals surface area contributed by atoms with E-state index in [9.17, 15) is 24.3 Å². The van der Waals surface area contributed by atoms with Gasteiger partial charge in [0.2, 0.25) is 11.8 Å². The molecule has 0 unspecified atom stereocenters. The maximum Gasteiger partial charge on any atom is 0.254 e. The molecule has 3 aromatic carbocycles. The molecular formula is C35H30BrCl2N3O6. The van der Waals surface area contributed by atoms with Crippen LogP contribution in [0, 0.1) is 17.8 Å². The normalized spacial score (nSPS) is 29.7. The molecule has 3 fully saturated rings. The summed E-state index contributed by atoms with van der Waals surface area (Å²) in [6.07, 6.45) is 2.02. The molecule has 4 aliphatic rings. The number of aliphatic hydroxyl groups is 1. The van der Waals surface area contributed by atoms with Crippen LogP contribution in [0.4, 0.5) is 17.1 Å². The average Bonchev–Trinajstić information content (AvgIpc) is 3.42. The maximum absolute atomic E-state index is 14.3. The van der Waals surface area contributed by atoms with Crippen LogP contribution >= 0.6 is 39.1 Å². The summed E-state index contributed by atoms with van der Waals surface area (Å²) in [5.41, 5.74) is 3.19. The van der Waals surface area contributed by atoms with E-state index in [-0.39, 0.29) is 43.3 Å². The second kappa shape index (κ2) is 12.1. The predicted octanol–water partition coefficient (Wildman–Crippen LogP) is 5.72. The summed E-state index contributed by atoms with van der Waals surface area (Å²) in [6, 6.07) is 23.7. The third kappa shape index (κ3) is 4.75. The minimum absolute atomic E-state index is 0.0137. The number of hydrogen-bond acceptors (Lipinski definition) is 7. The van der Waals surface area contributed by atoms with Crippen molar-refractivity contribution in [1.29, 1.82) is 0 Å². The molecule has 2 saturated heterocycles. The number of ether oxygens (including phenoxy) is 1. The Bertz CT molecular complexity index is 1810. The molecule has 0 bridgehead atoms. The number of likely N-dealkylation sites (tertiary alicyclic amines) is 1. The molecule has 9 nitrogen and oxygen atoms in total. The topological polar surface area (TPSA) is 116 Å². The second-order valence-corrected chi connectivity index (χ2v) is 13.9. The summed E-state index contributed by atoms with van der Waals surface area (Å²) in [4.78, 5) is 54.6. The fourth-order valence-corrected chi connectivity index (χ4v) is 9.16. The molecule has 4 amide bonds. The van der Waals surface area contributed by atoms with E-state index in [1.807, 2.05) is 48.5 Å². The van der Waals surface area contributed by atoms with Crippen molar-refractivity contribution in [2.45, 2.75) is 28.5 Å². The summed E-state index contributed by atoms with van der Waals surface area (Å²) < 4.78 is 5.88. The first-order valence-electron chi connectivity index (χ1n) is 15.3. The Balaban J connectivity index is 1.28. The average molecular weight is 739 g/mol. The van der Waals surface area contributed by atoms with Crippen molar-refractivity contribution in [1.82, 2.24) is 4.90 Å². The zero-order valence-corrected chi connectivity index (χ0v) is 28.0. The van der Waals surface area contributed by atoms with Crippen LogP contribution in [0.25, 0.3) is 0 Å². The van der Waals surface area contributed by atoms with Gasteiger partial charge in [0, 0.05) is 22.9 Å². The highest BCUT2D eigenvalue weighted by atomic mass is 79.9. The van der Waals surface area contributed by atoms with E-state index in [1.165, 1.54) is 4.90 Å². The quantitative estimate of drug-likeness (QED) is 0.132. The molecular weight excluding hydrogens is 709 g/mol. The van der Waals surface area contributed by atoms with E-state index in [1.54, 1.807) is 36.4 Å². The standard InChI is InChI=1S/C35H30BrCl2N3O6/c36-19-40-32(45)34(37)18-26-23(29(35(34,38)33(40)46)24-8-4-5-9-27(24)47-17-16-42)14-15-25-28(26)31(44)41(30(25)43)22-12-10-21(11-13-22)39-20-6-2-1-3-7-20/h1-14,25-26,28-29,39,42H,15-19H2/t25-,26+,28-,29+,34+,35-/m0/s1. The molecule has 12 heteroatoms. The monoisotopic (exact) mass is 737 g/mol. The lowest BCUT2D eigenvalue weighted by molar-refractivity contribution is -0.138. The first-order valence-corrected chi connectivity index (χ1v) is 17.2. The molecule has 0 aromatic heterocycles. The second-order valence-electron chi connectivity index (χ2n) is 12.1. The Morgan fingerprint density at radius 2 is 1.55 bits per heavy atom. The maximum atomic E-state index is 14.3. The Labute approximate surface area is 289 Å². The van der Waals surface area contributed by atoms with Crippen molar-refractivity contribution in [2.75, 3.05) is 28.9 Å². The fraction of sp³-hybridized carbons (Fsp3) is 0.314. The van der Waals surface area contributed by atoms with Gasteiger partial charge in [-0.25, -0.2) is 0 Å². The summed E-state index contributed by atoms with van der Waals surface area (Å²) in [7, 11) is 0. The van der Waals surface area contributed by atoms with Crippen molar-refractivity contribution >= 4 is 79.8 Å². The number of fused-ring (bicyclic) bond motifs is 4. The molecule has 6 atom stereocenters. The zero-order chi connectivity index (χ0) is 33.1. The van der Waals surface area contributed by atoms with Gasteiger partial charge in [-0.2, -0.15) is 0 Å². The summed E-state index contributed by atoms with van der Waals surface area (Å²) in [6.45, 7) is -0.260. The van der Waals surface area contributed by atoms with Gasteiger partial charge in [0.05, 0.1) is 29.6 Å². The van der Waals surface area contributed by atoms with Crippen molar-refractivity contribution in [2.24, 2.45) is 17.8 Å². The highest BCUT2D eigenvalue weighted by Gasteiger charge is 2.76. The van der Waals surface area contributed by atoms with Crippen LogP contribution in [-0.4, -0.2) is 62.1 Å². The largest absolute Gasteiger partial charge is 0.491 e. The molecule has 3 aromatic rings. The molecule has 2 N–H and O–H groups in total. The van der Waals surface area contributed by atoms with E-state index < -0.39 is 45.2 Å². The van der Waals surface area contributed by atoms with Gasteiger partial charge in [0.25, 0.3) is 11.8 Å². The summed E-state index contributed by atoms with van der Waals surface area (Å²) in [5.74, 6) is -4.79. The van der Waals surface area contributed by atoms with Crippen molar-refractivity contribution in [3.63, 3.8) is 0 Å². The number of aliphatic hydroxyl groups excluding tert-OH is 1. The number of allylic oxidation sites excluding steroid dienone is 2. The van der Waals surface area contributed by atoms with Gasteiger partial charge >= 0.3 is 0 Å². The van der Waals surface area contributed by atoms with Crippen molar-refractivity contribution < 1.29 is 29.0 Å². The predicted molar refractivity (Wildman–Crippen MR) is 181 cm³/mol. The van der Waals surface area contributed by atoms with E-state index >= 15 is 0 Å². The third-order valence-electron chi connectivity index (χ3n) is 9.78. The number of benzene rings is 3. The SMILES string of the molecule is O=C1[C@H]2[C@H](CC=C3[C@H]2C[C@@]2(Cl)C(=O)N(CBr)C(=O)[C@@]2(Cl)[C@H]3c2ccccc2OCCO)C(=O)N1c1ccc(Nc2ccccc2)cc1. The number of anilines is 3. The van der Waals surface area contributed by atoms with Crippen LogP contribution in [0.15, 0.2) is 90.5 Å². The number of nitrogens with one attached hydrogen (secondary N) is 1. The number of carbonyl (C=O) groups is 4. The van der Waals surface area contributed by atoms with Crippen LogP contribution in [0.2, 0.25) is 0 Å². The van der Waals surface area contributed by atoms with Crippen LogP contribution < -0.4 is 15.0 Å². The molecule has 1 saturated carbocycles. The molecule has 0 spiro atoms. The molecule has 242 valence electrons. The minimum Gasteiger partial charge on any atom is -0.491 e. The first-order chi connectivity index (χ1) is 22.7. The number of imide groups is 2. The lowest BCUT2D eigenvalue weighted by atomic mass is 9.56. The van der Waals surface area contributed by atoms with E-state index in [0.29, 0.717) is 22.6 Å². The van der Waals surface area contributed by atoms with E-state index in [2.05, 4.69) is 21.2 Å². The Morgan fingerprint density at radius 3 is 2.26 bits per heavy atom. The van der Waals surface area contributed by atoms with Gasteiger partial charge in [-0.1, -0.05) is 64.0 Å². The zero-order valence-electron chi connectivity index (χ0n) is 24.9. The smallest absolute Gasteiger partial charge is 0.254 e. The van der Waals surface area contributed by atoms with Gasteiger partial charge in [-0.15, -0.1) is 23.2 Å². The van der Waals surface area contributed by atoms with Gasteiger partial charge in [-0.05, 0) is 61.2 Å². The summed E-state index contributed by atoms with van der Waals surface area (Å²) >= 11 is 17.9. The van der Waals surface area contributed by atoms with E-state index in [0.717, 1.165) is 16.3 Å². The number of rotatable bonds is 8. The van der Waals surface area contributed by atoms with Crippen LogP contribution in [-0.2, 0) is 19.2 Å². The van der Waals surface area contributed by atoms with Gasteiger partial charge < -0.3 is 15.2 Å². The van der Waals surface area contributed by atoms with Crippen LogP contribution in [0.1, 0.15) is 24.3 Å². The highest BCUT2D eigenvalue weighted by Crippen LogP contribution is 2.66. The lowest BCUT2D eigenvalue weighted by Crippen LogP contribution is -2.60. The molecule has 0 radical (unpaired) electrons. The first kappa shape index (κ1) is 31.9. The molecule has 47 heavy (non-hydrogen) atoms. The Morgan fingerprint density at radius 1 is 0.872 bits per heavy atom. The number of nitrogens with zero attached hydrogens (tertiary/aromatic N) is 2. The number of halogens is 3. The fourth-order valence-electron chi connectivity index (χ4n) is 7.74. The molecule has 2 aliphatic heterocycles. The number of hydrogen-bond donors (Lipinski definition) is 2. The van der Waals surface area contributed by atoms with Crippen molar-refractivity contribution in [3.05, 3.63) is 96.1 Å². The van der Waals surface area contributed by atoms with Gasteiger partial charge in [-0.3, -0.25) is 29.0 Å². The number of amides is 4. The lowest BCUT2D eigenvalue weighted by Gasteiger charge is -2.51. The minimum atomic E-state index is -1.94. The molecule has 2 aliphatic carbocycles. The Hall–Kier alpha value is -3.70. The number of alkyl halides is 3. The highest BCUT2D eigenvalue weighted by molar-refractivity contribution is 9.09. The summed E-state index contributed by atoms with van der Waals surface area (Å²) in [5, 5.41) is 12.8.